The zero-order chi connectivity index (χ0) is 17.3. The molecular weight excluding hydrogens is 308 g/mol. The Labute approximate surface area is 136 Å². The molecule has 0 unspecified atom stereocenters. The molecule has 0 amide bonds. The van der Waals surface area contributed by atoms with Gasteiger partial charge in [0.1, 0.15) is 11.6 Å². The number of carbonyl (C=O) groups excluding carboxylic acids is 1. The van der Waals surface area contributed by atoms with Gasteiger partial charge in [0, 0.05) is 0 Å². The van der Waals surface area contributed by atoms with E-state index in [1.165, 1.54) is 18.2 Å². The molecule has 0 spiro atoms. The number of anilines is 1. The number of nitrogen functional groups attached to an aromatic ring is 1. The van der Waals surface area contributed by atoms with Gasteiger partial charge >= 0.3 is 0 Å². The average molecular weight is 320 g/mol. The fraction of sp³-hybridized carbons (Fsp3) is 0. The van der Waals surface area contributed by atoms with Crippen LogP contribution in [0.5, 0.6) is 11.5 Å². The third-order valence-corrected chi connectivity index (χ3v) is 3.42. The lowest BCUT2D eigenvalue weighted by molar-refractivity contribution is 0.103. The number of nitrogens with two attached hydrogens (primary N) is 1. The maximum Gasteiger partial charge on any atom is 0.238 e. The number of aromatic nitrogens is 2. The van der Waals surface area contributed by atoms with Crippen LogP contribution in [0.3, 0.4) is 0 Å². The molecule has 0 saturated heterocycles. The Hall–Kier alpha value is -3.79. The van der Waals surface area contributed by atoms with E-state index in [1.54, 1.807) is 24.3 Å². The van der Waals surface area contributed by atoms with E-state index >= 15 is 0 Å². The minimum absolute atomic E-state index is 0.0416. The van der Waals surface area contributed by atoms with Gasteiger partial charge in [0.15, 0.2) is 17.3 Å². The van der Waals surface area contributed by atoms with Crippen molar-refractivity contribution in [2.75, 3.05) is 5.73 Å². The molecule has 0 aliphatic carbocycles. The number of Topliss-reactive ketones (excluding diaryl/α,β-unsaturated/α-hetero) is 1. The Morgan fingerprint density at radius 1 is 1.29 bits per heavy atom. The summed E-state index contributed by atoms with van der Waals surface area (Å²) in [7, 11) is 0. The number of hydrogen-bond acceptors (Lipinski definition) is 6. The lowest BCUT2D eigenvalue weighted by Crippen LogP contribution is -2.04. The minimum atomic E-state index is -0.583. The molecule has 24 heavy (non-hydrogen) atoms. The molecule has 0 radical (unpaired) electrons. The smallest absolute Gasteiger partial charge is 0.238 e. The third-order valence-electron chi connectivity index (χ3n) is 3.42. The Balaban J connectivity index is 2.02. The molecule has 118 valence electrons. The van der Waals surface area contributed by atoms with E-state index in [0.29, 0.717) is 16.6 Å². The van der Waals surface area contributed by atoms with Crippen molar-refractivity contribution in [1.29, 1.82) is 5.26 Å². The molecular formula is C17H12N4O3. The monoisotopic (exact) mass is 320 g/mol. The predicted octanol–water partition coefficient (Wildman–Crippen LogP) is 2.35. The number of rotatable bonds is 3. The van der Waals surface area contributed by atoms with Crippen LogP contribution in [0, 0.1) is 11.3 Å². The first-order valence-corrected chi connectivity index (χ1v) is 6.92. The number of phenols is 2. The Bertz CT molecular complexity index is 972. The van der Waals surface area contributed by atoms with Crippen molar-refractivity contribution in [1.82, 2.24) is 9.97 Å². The van der Waals surface area contributed by atoms with Crippen LogP contribution in [0.25, 0.3) is 17.1 Å². The van der Waals surface area contributed by atoms with Crippen molar-refractivity contribution in [2.45, 2.75) is 0 Å². The van der Waals surface area contributed by atoms with Crippen LogP contribution in [-0.2, 0) is 0 Å². The summed E-state index contributed by atoms with van der Waals surface area (Å²) >= 11 is 0. The molecule has 2 aromatic carbocycles. The molecule has 1 heterocycles. The van der Waals surface area contributed by atoms with Crippen LogP contribution < -0.4 is 5.73 Å². The largest absolute Gasteiger partial charge is 0.504 e. The molecule has 0 atom stereocenters. The van der Waals surface area contributed by atoms with Crippen molar-refractivity contribution >= 4 is 28.6 Å². The lowest BCUT2D eigenvalue weighted by Gasteiger charge is -2.03. The molecule has 7 heteroatoms. The molecule has 1 aromatic heterocycles. The number of phenolic OH excluding ortho intramolecular Hbond substituents is 2. The van der Waals surface area contributed by atoms with Gasteiger partial charge in [0.05, 0.1) is 16.7 Å². The summed E-state index contributed by atoms with van der Waals surface area (Å²) in [5.41, 5.74) is 6.92. The summed E-state index contributed by atoms with van der Waals surface area (Å²) in [5, 5.41) is 28.3. The van der Waals surface area contributed by atoms with E-state index in [9.17, 15) is 20.3 Å². The highest BCUT2D eigenvalue weighted by Gasteiger charge is 2.17. The predicted molar refractivity (Wildman–Crippen MR) is 88.2 cm³/mol. The van der Waals surface area contributed by atoms with Crippen molar-refractivity contribution in [3.63, 3.8) is 0 Å². The van der Waals surface area contributed by atoms with Crippen LogP contribution in [-0.4, -0.2) is 26.0 Å². The first kappa shape index (κ1) is 15.1. The molecule has 3 aromatic rings. The number of aromatic amines is 1. The zero-order valence-corrected chi connectivity index (χ0v) is 12.3. The number of benzene rings is 2. The number of fused-ring (bicyclic) bond motifs is 1. The molecule has 3 rings (SSSR count). The van der Waals surface area contributed by atoms with E-state index in [1.807, 2.05) is 6.07 Å². The number of para-hydroxylation sites is 2. The highest BCUT2D eigenvalue weighted by molar-refractivity contribution is 6.13. The Morgan fingerprint density at radius 2 is 2.04 bits per heavy atom. The van der Waals surface area contributed by atoms with Crippen LogP contribution in [0.4, 0.5) is 5.69 Å². The standard InChI is InChI=1S/C17H12N4O3/c18-8-10(5-9-6-11(19)16(24)14(22)7-9)15(23)17-20-12-3-1-2-4-13(12)21-17/h1-7,22,24H,19H2,(H,20,21)/b10-5+. The number of nitriles is 1. The highest BCUT2D eigenvalue weighted by Crippen LogP contribution is 2.33. The van der Waals surface area contributed by atoms with Gasteiger partial charge in [-0.1, -0.05) is 12.1 Å². The second-order valence-electron chi connectivity index (χ2n) is 5.08. The number of nitrogens with one attached hydrogen (secondary N) is 1. The maximum atomic E-state index is 12.5. The second kappa shape index (κ2) is 5.78. The van der Waals surface area contributed by atoms with Gasteiger partial charge in [-0.2, -0.15) is 5.26 Å². The van der Waals surface area contributed by atoms with Crippen LogP contribution in [0.2, 0.25) is 0 Å². The molecule has 7 nitrogen and oxygen atoms in total. The summed E-state index contributed by atoms with van der Waals surface area (Å²) < 4.78 is 0. The van der Waals surface area contributed by atoms with E-state index in [0.717, 1.165) is 0 Å². The van der Waals surface area contributed by atoms with E-state index < -0.39 is 17.3 Å². The lowest BCUT2D eigenvalue weighted by atomic mass is 10.1. The van der Waals surface area contributed by atoms with Gasteiger partial charge in [-0.05, 0) is 35.9 Å². The fourth-order valence-corrected chi connectivity index (χ4v) is 2.25. The van der Waals surface area contributed by atoms with Gasteiger partial charge in [0.25, 0.3) is 0 Å². The molecule has 0 fully saturated rings. The van der Waals surface area contributed by atoms with Crippen LogP contribution >= 0.6 is 0 Å². The first-order chi connectivity index (χ1) is 11.5. The van der Waals surface area contributed by atoms with Gasteiger partial charge in [-0.25, -0.2) is 4.98 Å². The number of allylic oxidation sites excluding steroid dienone is 1. The van der Waals surface area contributed by atoms with Gasteiger partial charge < -0.3 is 20.9 Å². The summed E-state index contributed by atoms with van der Waals surface area (Å²) in [6.07, 6.45) is 1.27. The molecule has 0 aliphatic heterocycles. The van der Waals surface area contributed by atoms with E-state index in [2.05, 4.69) is 9.97 Å². The highest BCUT2D eigenvalue weighted by atomic mass is 16.3. The number of imidazole rings is 1. The van der Waals surface area contributed by atoms with E-state index in [-0.39, 0.29) is 17.1 Å². The zero-order valence-electron chi connectivity index (χ0n) is 12.3. The Kier molecular flexibility index (Phi) is 3.64. The molecule has 0 saturated carbocycles. The fourth-order valence-electron chi connectivity index (χ4n) is 2.25. The normalized spacial score (nSPS) is 11.4. The maximum absolute atomic E-state index is 12.5. The quantitative estimate of drug-likeness (QED) is 0.192. The summed E-state index contributed by atoms with van der Waals surface area (Å²) in [6.45, 7) is 0. The number of hydrogen-bond donors (Lipinski definition) is 4. The van der Waals surface area contributed by atoms with Gasteiger partial charge in [0.2, 0.25) is 5.78 Å². The third kappa shape index (κ3) is 2.64. The summed E-state index contributed by atoms with van der Waals surface area (Å²) in [4.78, 5) is 19.5. The molecule has 5 N–H and O–H groups in total. The molecule has 0 aliphatic rings. The van der Waals surface area contributed by atoms with Gasteiger partial charge in [-0.15, -0.1) is 0 Å². The second-order valence-corrected chi connectivity index (χ2v) is 5.08. The number of aromatic hydroxyl groups is 2. The van der Waals surface area contributed by atoms with Crippen molar-refractivity contribution in [3.8, 4) is 17.6 Å². The van der Waals surface area contributed by atoms with Crippen molar-refractivity contribution in [2.24, 2.45) is 0 Å². The average Bonchev–Trinajstić information content (AvgIpc) is 3.01. The molecule has 0 bridgehead atoms. The van der Waals surface area contributed by atoms with E-state index in [4.69, 9.17) is 5.73 Å². The summed E-state index contributed by atoms with van der Waals surface area (Å²) in [5.74, 6) is -1.43. The summed E-state index contributed by atoms with van der Waals surface area (Å²) in [6, 6.07) is 11.5. The van der Waals surface area contributed by atoms with Crippen molar-refractivity contribution in [3.05, 3.63) is 53.4 Å². The van der Waals surface area contributed by atoms with Crippen molar-refractivity contribution < 1.29 is 15.0 Å². The number of nitrogens with zero attached hydrogens (tertiary/aromatic N) is 2. The SMILES string of the molecule is N#C/C(=C\c1cc(N)c(O)c(O)c1)C(=O)c1nc2ccccc2[nH]1. The number of H-pyrrole nitrogens is 1. The Morgan fingerprint density at radius 3 is 2.71 bits per heavy atom. The van der Waals surface area contributed by atoms with Crippen LogP contribution in [0.15, 0.2) is 42.0 Å². The minimum Gasteiger partial charge on any atom is -0.504 e. The number of carbonyl (C=O) groups is 1. The van der Waals surface area contributed by atoms with Crippen LogP contribution in [0.1, 0.15) is 16.2 Å². The first-order valence-electron chi connectivity index (χ1n) is 6.92. The topological polar surface area (TPSA) is 136 Å². The van der Waals surface area contributed by atoms with Gasteiger partial charge in [-0.3, -0.25) is 4.79 Å². The number of ketones is 1.